The summed E-state index contributed by atoms with van der Waals surface area (Å²) in [5, 5.41) is 3.51. The number of likely N-dealkylation sites (N-methyl/N-ethyl adjacent to an activating group) is 1. The molecule has 0 aliphatic carbocycles. The van der Waals surface area contributed by atoms with Gasteiger partial charge in [-0.25, -0.2) is 0 Å². The van der Waals surface area contributed by atoms with E-state index in [1.807, 2.05) is 0 Å². The topological polar surface area (TPSA) is 21.3 Å². The smallest absolute Gasteiger partial charge is 0.0677 e. The molecule has 1 N–H and O–H groups in total. The number of rotatable bonds is 4. The SMILES string of the molecule is CNC(Cc1ccc(Br)cc1)C1CC(C)(C)OC1(C)C. The second-order valence-corrected chi connectivity index (χ2v) is 7.92. The zero-order chi connectivity index (χ0) is 15.0. The van der Waals surface area contributed by atoms with Gasteiger partial charge in [0.1, 0.15) is 0 Å². The molecule has 2 atom stereocenters. The molecule has 0 radical (unpaired) electrons. The van der Waals surface area contributed by atoms with Crippen molar-refractivity contribution in [3.8, 4) is 0 Å². The molecule has 3 heteroatoms. The fraction of sp³-hybridized carbons (Fsp3) is 0.647. The number of benzene rings is 1. The Morgan fingerprint density at radius 3 is 2.30 bits per heavy atom. The summed E-state index contributed by atoms with van der Waals surface area (Å²) in [6, 6.07) is 9.06. The minimum atomic E-state index is -0.0768. The van der Waals surface area contributed by atoms with Crippen molar-refractivity contribution >= 4 is 15.9 Å². The van der Waals surface area contributed by atoms with Crippen molar-refractivity contribution in [1.29, 1.82) is 0 Å². The summed E-state index contributed by atoms with van der Waals surface area (Å²) in [7, 11) is 2.06. The van der Waals surface area contributed by atoms with Crippen LogP contribution in [0.3, 0.4) is 0 Å². The van der Waals surface area contributed by atoms with E-state index in [1.165, 1.54) is 5.56 Å². The molecule has 0 aromatic heterocycles. The summed E-state index contributed by atoms with van der Waals surface area (Å²) in [4.78, 5) is 0. The van der Waals surface area contributed by atoms with Gasteiger partial charge in [0.15, 0.2) is 0 Å². The highest BCUT2D eigenvalue weighted by Crippen LogP contribution is 2.44. The van der Waals surface area contributed by atoms with Crippen molar-refractivity contribution in [2.45, 2.75) is 57.8 Å². The second-order valence-electron chi connectivity index (χ2n) is 7.00. The summed E-state index contributed by atoms with van der Waals surface area (Å²) in [5.41, 5.74) is 1.27. The van der Waals surface area contributed by atoms with Crippen LogP contribution < -0.4 is 5.32 Å². The van der Waals surface area contributed by atoms with Crippen LogP contribution in [0.15, 0.2) is 28.7 Å². The predicted molar refractivity (Wildman–Crippen MR) is 88.0 cm³/mol. The molecule has 1 aliphatic rings. The standard InChI is InChI=1S/C17H26BrNO/c1-16(2)11-14(17(3,4)20-16)15(19-5)10-12-6-8-13(18)9-7-12/h6-9,14-15,19H,10-11H2,1-5H3. The average Bonchev–Trinajstić information content (AvgIpc) is 2.56. The average molecular weight is 340 g/mol. The molecular formula is C17H26BrNO. The van der Waals surface area contributed by atoms with Gasteiger partial charge in [-0.3, -0.25) is 0 Å². The predicted octanol–water partition coefficient (Wildman–Crippen LogP) is 4.17. The number of halogens is 1. The molecule has 1 aromatic rings. The van der Waals surface area contributed by atoms with Crippen LogP contribution in [0.2, 0.25) is 0 Å². The van der Waals surface area contributed by atoms with E-state index in [4.69, 9.17) is 4.74 Å². The van der Waals surface area contributed by atoms with E-state index in [2.05, 4.69) is 80.3 Å². The van der Waals surface area contributed by atoms with Gasteiger partial charge in [0.05, 0.1) is 11.2 Å². The molecule has 0 saturated carbocycles. The maximum absolute atomic E-state index is 6.24. The van der Waals surface area contributed by atoms with Crippen molar-refractivity contribution in [2.75, 3.05) is 7.05 Å². The van der Waals surface area contributed by atoms with Gasteiger partial charge in [0.25, 0.3) is 0 Å². The molecule has 112 valence electrons. The first-order valence-electron chi connectivity index (χ1n) is 7.35. The number of ether oxygens (including phenoxy) is 1. The molecule has 1 saturated heterocycles. The first kappa shape index (κ1) is 16.0. The van der Waals surface area contributed by atoms with E-state index < -0.39 is 0 Å². The van der Waals surface area contributed by atoms with Crippen LogP contribution in [0.1, 0.15) is 39.7 Å². The molecule has 2 rings (SSSR count). The monoisotopic (exact) mass is 339 g/mol. The largest absolute Gasteiger partial charge is 0.369 e. The lowest BCUT2D eigenvalue weighted by atomic mass is 9.79. The third kappa shape index (κ3) is 3.63. The van der Waals surface area contributed by atoms with Gasteiger partial charge in [-0.15, -0.1) is 0 Å². The first-order valence-corrected chi connectivity index (χ1v) is 8.15. The van der Waals surface area contributed by atoms with E-state index in [0.29, 0.717) is 12.0 Å². The van der Waals surface area contributed by atoms with Gasteiger partial charge < -0.3 is 10.1 Å². The molecule has 20 heavy (non-hydrogen) atoms. The molecule has 1 aromatic carbocycles. The van der Waals surface area contributed by atoms with Crippen molar-refractivity contribution in [3.63, 3.8) is 0 Å². The Hall–Kier alpha value is -0.380. The van der Waals surface area contributed by atoms with Crippen LogP contribution in [0.4, 0.5) is 0 Å². The number of nitrogens with one attached hydrogen (secondary N) is 1. The Bertz CT molecular complexity index is 453. The lowest BCUT2D eigenvalue weighted by molar-refractivity contribution is -0.0774. The van der Waals surface area contributed by atoms with Gasteiger partial charge in [-0.05, 0) is 65.3 Å². The van der Waals surface area contributed by atoms with Gasteiger partial charge in [0, 0.05) is 16.4 Å². The fourth-order valence-corrected chi connectivity index (χ4v) is 3.82. The van der Waals surface area contributed by atoms with Crippen LogP contribution in [0, 0.1) is 5.92 Å². The Morgan fingerprint density at radius 1 is 1.25 bits per heavy atom. The van der Waals surface area contributed by atoms with E-state index in [1.54, 1.807) is 0 Å². The summed E-state index contributed by atoms with van der Waals surface area (Å²) in [5.74, 6) is 0.520. The highest BCUT2D eigenvalue weighted by atomic mass is 79.9. The first-order chi connectivity index (χ1) is 9.23. The fourth-order valence-electron chi connectivity index (χ4n) is 3.55. The minimum Gasteiger partial charge on any atom is -0.369 e. The Kier molecular flexibility index (Phi) is 4.63. The van der Waals surface area contributed by atoms with Crippen LogP contribution in [0.25, 0.3) is 0 Å². The second kappa shape index (κ2) is 5.78. The summed E-state index contributed by atoms with van der Waals surface area (Å²) in [6.45, 7) is 8.83. The summed E-state index contributed by atoms with van der Waals surface area (Å²) >= 11 is 3.49. The molecule has 0 bridgehead atoms. The van der Waals surface area contributed by atoms with E-state index >= 15 is 0 Å². The van der Waals surface area contributed by atoms with Crippen LogP contribution in [0.5, 0.6) is 0 Å². The zero-order valence-electron chi connectivity index (χ0n) is 13.2. The highest BCUT2D eigenvalue weighted by Gasteiger charge is 2.48. The molecule has 1 aliphatic heterocycles. The Balaban J connectivity index is 2.14. The number of hydrogen-bond donors (Lipinski definition) is 1. The van der Waals surface area contributed by atoms with E-state index in [-0.39, 0.29) is 11.2 Å². The van der Waals surface area contributed by atoms with Crippen LogP contribution in [-0.2, 0) is 11.2 Å². The quantitative estimate of drug-likeness (QED) is 0.888. The third-order valence-electron chi connectivity index (χ3n) is 4.37. The summed E-state index contributed by atoms with van der Waals surface area (Å²) < 4.78 is 7.37. The van der Waals surface area contributed by atoms with Gasteiger partial charge in [0.2, 0.25) is 0 Å². The maximum atomic E-state index is 6.24. The lowest BCUT2D eigenvalue weighted by Gasteiger charge is -2.33. The lowest BCUT2D eigenvalue weighted by Crippen LogP contribution is -2.44. The third-order valence-corrected chi connectivity index (χ3v) is 4.90. The highest BCUT2D eigenvalue weighted by molar-refractivity contribution is 9.10. The van der Waals surface area contributed by atoms with Crippen molar-refractivity contribution < 1.29 is 4.74 Å². The van der Waals surface area contributed by atoms with E-state index in [9.17, 15) is 0 Å². The van der Waals surface area contributed by atoms with E-state index in [0.717, 1.165) is 17.3 Å². The minimum absolute atomic E-state index is 0.0248. The zero-order valence-corrected chi connectivity index (χ0v) is 14.8. The summed E-state index contributed by atoms with van der Waals surface area (Å²) in [6.07, 6.45) is 2.14. The van der Waals surface area contributed by atoms with Gasteiger partial charge in [-0.1, -0.05) is 28.1 Å². The van der Waals surface area contributed by atoms with Crippen molar-refractivity contribution in [2.24, 2.45) is 5.92 Å². The molecule has 1 heterocycles. The van der Waals surface area contributed by atoms with Gasteiger partial charge >= 0.3 is 0 Å². The number of hydrogen-bond acceptors (Lipinski definition) is 2. The molecule has 0 amide bonds. The maximum Gasteiger partial charge on any atom is 0.0677 e. The Morgan fingerprint density at radius 2 is 1.85 bits per heavy atom. The molecule has 2 unspecified atom stereocenters. The molecule has 2 nitrogen and oxygen atoms in total. The molecular weight excluding hydrogens is 314 g/mol. The molecule has 1 fully saturated rings. The molecule has 0 spiro atoms. The van der Waals surface area contributed by atoms with Crippen LogP contribution in [-0.4, -0.2) is 24.3 Å². The van der Waals surface area contributed by atoms with Gasteiger partial charge in [-0.2, -0.15) is 0 Å². The normalized spacial score (nSPS) is 25.6. The van der Waals surface area contributed by atoms with Crippen molar-refractivity contribution in [1.82, 2.24) is 5.32 Å². The Labute approximate surface area is 131 Å². The van der Waals surface area contributed by atoms with Crippen molar-refractivity contribution in [3.05, 3.63) is 34.3 Å². The van der Waals surface area contributed by atoms with Crippen LogP contribution >= 0.6 is 15.9 Å².